The molecule has 1 amide bonds. The van der Waals surface area contributed by atoms with Crippen LogP contribution in [0.3, 0.4) is 0 Å². The molecule has 7 nitrogen and oxygen atoms in total. The number of carbonyl (C=O) groups excluding carboxylic acids is 1. The van der Waals surface area contributed by atoms with Gasteiger partial charge in [-0.25, -0.2) is 4.98 Å². The number of rotatable bonds is 5. The van der Waals surface area contributed by atoms with Gasteiger partial charge in [-0.15, -0.1) is 0 Å². The summed E-state index contributed by atoms with van der Waals surface area (Å²) < 4.78 is 10.5. The second kappa shape index (κ2) is 8.70. The molecule has 3 heterocycles. The van der Waals surface area contributed by atoms with Crippen LogP contribution in [0.4, 0.5) is 11.4 Å². The lowest BCUT2D eigenvalue weighted by molar-refractivity contribution is 0.102. The molecule has 29 heavy (non-hydrogen) atoms. The molecule has 7 heteroatoms. The first-order valence-electron chi connectivity index (χ1n) is 9.43. The van der Waals surface area contributed by atoms with Gasteiger partial charge >= 0.3 is 0 Å². The van der Waals surface area contributed by atoms with E-state index in [1.165, 1.54) is 0 Å². The third kappa shape index (κ3) is 4.52. The van der Waals surface area contributed by atoms with Crippen molar-refractivity contribution >= 4 is 17.3 Å². The highest BCUT2D eigenvalue weighted by Crippen LogP contribution is 2.21. The number of carbonyl (C=O) groups is 1. The minimum absolute atomic E-state index is 0.186. The van der Waals surface area contributed by atoms with Gasteiger partial charge in [-0.3, -0.25) is 9.78 Å². The first-order chi connectivity index (χ1) is 14.2. The molecule has 1 aliphatic rings. The van der Waals surface area contributed by atoms with Gasteiger partial charge in [-0.05, 0) is 42.5 Å². The largest absolute Gasteiger partial charge is 0.481 e. The maximum Gasteiger partial charge on any atom is 0.255 e. The lowest BCUT2D eigenvalue weighted by atomic mass is 10.1. The Labute approximate surface area is 169 Å². The highest BCUT2D eigenvalue weighted by molar-refractivity contribution is 6.04. The van der Waals surface area contributed by atoms with E-state index in [0.29, 0.717) is 17.1 Å². The van der Waals surface area contributed by atoms with E-state index >= 15 is 0 Å². The number of hydrogen-bond donors (Lipinski definition) is 1. The van der Waals surface area contributed by atoms with Crippen LogP contribution in [-0.2, 0) is 4.74 Å². The SMILES string of the molecule is COc1ccc(-c2cc(C(=O)Nc3ccc(N4CCOCC4)cc3)ccn2)cn1. The Bertz CT molecular complexity index is 968. The highest BCUT2D eigenvalue weighted by atomic mass is 16.5. The summed E-state index contributed by atoms with van der Waals surface area (Å²) in [4.78, 5) is 23.5. The topological polar surface area (TPSA) is 76.6 Å². The van der Waals surface area contributed by atoms with Crippen molar-refractivity contribution in [3.8, 4) is 17.1 Å². The Kier molecular flexibility index (Phi) is 5.67. The van der Waals surface area contributed by atoms with Crippen LogP contribution in [0.25, 0.3) is 11.3 Å². The number of nitrogens with zero attached hydrogens (tertiary/aromatic N) is 3. The van der Waals surface area contributed by atoms with Crippen LogP contribution < -0.4 is 15.0 Å². The first kappa shape index (κ1) is 18.9. The zero-order chi connectivity index (χ0) is 20.1. The summed E-state index contributed by atoms with van der Waals surface area (Å²) in [7, 11) is 1.57. The molecular formula is C22H22N4O3. The zero-order valence-electron chi connectivity index (χ0n) is 16.2. The van der Waals surface area contributed by atoms with E-state index < -0.39 is 0 Å². The Balaban J connectivity index is 1.45. The van der Waals surface area contributed by atoms with Crippen molar-refractivity contribution in [1.29, 1.82) is 0 Å². The van der Waals surface area contributed by atoms with E-state index in [-0.39, 0.29) is 5.91 Å². The molecule has 0 atom stereocenters. The van der Waals surface area contributed by atoms with E-state index in [2.05, 4.69) is 20.2 Å². The number of ether oxygens (including phenoxy) is 2. The Morgan fingerprint density at radius 3 is 2.55 bits per heavy atom. The molecule has 4 rings (SSSR count). The zero-order valence-corrected chi connectivity index (χ0v) is 16.2. The van der Waals surface area contributed by atoms with Crippen LogP contribution in [-0.4, -0.2) is 49.3 Å². The molecule has 0 bridgehead atoms. The van der Waals surface area contributed by atoms with Crippen molar-refractivity contribution in [2.75, 3.05) is 43.6 Å². The molecule has 0 aliphatic carbocycles. The third-order valence-corrected chi connectivity index (χ3v) is 4.76. The van der Waals surface area contributed by atoms with Crippen molar-refractivity contribution in [2.24, 2.45) is 0 Å². The monoisotopic (exact) mass is 390 g/mol. The van der Waals surface area contributed by atoms with Gasteiger partial charge in [-0.2, -0.15) is 0 Å². The summed E-state index contributed by atoms with van der Waals surface area (Å²) in [6.45, 7) is 3.25. The van der Waals surface area contributed by atoms with Crippen LogP contribution in [0, 0.1) is 0 Å². The third-order valence-electron chi connectivity index (χ3n) is 4.76. The maximum absolute atomic E-state index is 12.7. The number of aromatic nitrogens is 2. The quantitative estimate of drug-likeness (QED) is 0.721. The number of anilines is 2. The number of morpholine rings is 1. The summed E-state index contributed by atoms with van der Waals surface area (Å²) in [6, 6.07) is 14.9. The molecule has 0 radical (unpaired) electrons. The van der Waals surface area contributed by atoms with Gasteiger partial charge in [0.2, 0.25) is 5.88 Å². The fourth-order valence-corrected chi connectivity index (χ4v) is 3.16. The number of benzene rings is 1. The fraction of sp³-hybridized carbons (Fsp3) is 0.227. The summed E-state index contributed by atoms with van der Waals surface area (Å²) in [5.41, 5.74) is 3.90. The lowest BCUT2D eigenvalue weighted by Crippen LogP contribution is -2.36. The number of nitrogens with one attached hydrogen (secondary N) is 1. The maximum atomic E-state index is 12.7. The minimum atomic E-state index is -0.186. The second-order valence-electron chi connectivity index (χ2n) is 6.62. The number of pyridine rings is 2. The summed E-state index contributed by atoms with van der Waals surface area (Å²) in [5, 5.41) is 2.94. The molecule has 1 aliphatic heterocycles. The summed E-state index contributed by atoms with van der Waals surface area (Å²) in [6.07, 6.45) is 3.29. The normalized spacial score (nSPS) is 13.8. The van der Waals surface area contributed by atoms with Crippen LogP contribution in [0.15, 0.2) is 60.9 Å². The molecule has 2 aromatic heterocycles. The van der Waals surface area contributed by atoms with E-state index in [1.54, 1.807) is 37.7 Å². The number of hydrogen-bond acceptors (Lipinski definition) is 6. The molecule has 0 unspecified atom stereocenters. The second-order valence-corrected chi connectivity index (χ2v) is 6.62. The molecule has 0 spiro atoms. The lowest BCUT2D eigenvalue weighted by Gasteiger charge is -2.28. The van der Waals surface area contributed by atoms with E-state index in [0.717, 1.165) is 43.2 Å². The number of methoxy groups -OCH3 is 1. The Morgan fingerprint density at radius 2 is 1.86 bits per heavy atom. The fourth-order valence-electron chi connectivity index (χ4n) is 3.16. The minimum Gasteiger partial charge on any atom is -0.481 e. The molecule has 3 aromatic rings. The van der Waals surface area contributed by atoms with Crippen LogP contribution in [0.1, 0.15) is 10.4 Å². The first-order valence-corrected chi connectivity index (χ1v) is 9.43. The summed E-state index contributed by atoms with van der Waals surface area (Å²) in [5.74, 6) is 0.345. The van der Waals surface area contributed by atoms with Crippen molar-refractivity contribution in [2.45, 2.75) is 0 Å². The van der Waals surface area contributed by atoms with Crippen molar-refractivity contribution in [1.82, 2.24) is 9.97 Å². The highest BCUT2D eigenvalue weighted by Gasteiger charge is 2.12. The Hall–Kier alpha value is -3.45. The van der Waals surface area contributed by atoms with Crippen molar-refractivity contribution in [3.63, 3.8) is 0 Å². The molecule has 1 aromatic carbocycles. The van der Waals surface area contributed by atoms with E-state index in [9.17, 15) is 4.79 Å². The summed E-state index contributed by atoms with van der Waals surface area (Å²) >= 11 is 0. The van der Waals surface area contributed by atoms with Crippen LogP contribution >= 0.6 is 0 Å². The molecule has 0 saturated carbocycles. The standard InChI is InChI=1S/C22H22N4O3/c1-28-21-7-2-17(15-24-21)20-14-16(8-9-23-20)22(27)25-18-3-5-19(6-4-18)26-10-12-29-13-11-26/h2-9,14-15H,10-13H2,1H3,(H,25,27). The molecule has 1 fully saturated rings. The van der Waals surface area contributed by atoms with Gasteiger partial charge in [0.1, 0.15) is 0 Å². The molecule has 148 valence electrons. The average molecular weight is 390 g/mol. The predicted octanol–water partition coefficient (Wildman–Crippen LogP) is 3.24. The smallest absolute Gasteiger partial charge is 0.255 e. The van der Waals surface area contributed by atoms with Gasteiger partial charge < -0.3 is 19.7 Å². The molecule has 1 N–H and O–H groups in total. The Morgan fingerprint density at radius 1 is 1.07 bits per heavy atom. The van der Waals surface area contributed by atoms with Gasteiger partial charge in [0.05, 0.1) is 26.0 Å². The van der Waals surface area contributed by atoms with Gasteiger partial charge in [0.15, 0.2) is 0 Å². The molecule has 1 saturated heterocycles. The van der Waals surface area contributed by atoms with Gasteiger partial charge in [0, 0.05) is 54.1 Å². The van der Waals surface area contributed by atoms with Gasteiger partial charge in [0.25, 0.3) is 5.91 Å². The molecular weight excluding hydrogens is 368 g/mol. The van der Waals surface area contributed by atoms with Gasteiger partial charge in [-0.1, -0.05) is 0 Å². The number of amides is 1. The van der Waals surface area contributed by atoms with Crippen molar-refractivity contribution < 1.29 is 14.3 Å². The average Bonchev–Trinajstić information content (AvgIpc) is 2.80. The van der Waals surface area contributed by atoms with Crippen LogP contribution in [0.5, 0.6) is 5.88 Å². The van der Waals surface area contributed by atoms with Crippen LogP contribution in [0.2, 0.25) is 0 Å². The van der Waals surface area contributed by atoms with E-state index in [4.69, 9.17) is 9.47 Å². The predicted molar refractivity (Wildman–Crippen MR) is 111 cm³/mol. The van der Waals surface area contributed by atoms with Crippen molar-refractivity contribution in [3.05, 3.63) is 66.5 Å². The van der Waals surface area contributed by atoms with E-state index in [1.807, 2.05) is 30.3 Å².